The first-order chi connectivity index (χ1) is 5.40. The summed E-state index contributed by atoms with van der Waals surface area (Å²) < 4.78 is 0. The van der Waals surface area contributed by atoms with Gasteiger partial charge in [0, 0.05) is 6.04 Å². The summed E-state index contributed by atoms with van der Waals surface area (Å²) in [5, 5.41) is 0. The smallest absolute Gasteiger partial charge is 0.00953 e. The Morgan fingerprint density at radius 1 is 1.09 bits per heavy atom. The monoisotopic (exact) mass is 153 g/mol. The third-order valence-electron chi connectivity index (χ3n) is 3.56. The summed E-state index contributed by atoms with van der Waals surface area (Å²) in [6, 6.07) is 0.957. The van der Waals surface area contributed by atoms with E-state index in [0.29, 0.717) is 0 Å². The lowest BCUT2D eigenvalue weighted by Crippen LogP contribution is -2.34. The molecule has 2 bridgehead atoms. The Morgan fingerprint density at radius 3 is 2.45 bits per heavy atom. The Labute approximate surface area is 69.8 Å². The molecule has 11 heavy (non-hydrogen) atoms. The Balaban J connectivity index is 2.03. The molecular formula is C10H19N. The molecule has 2 aliphatic heterocycles. The summed E-state index contributed by atoms with van der Waals surface area (Å²) in [5.74, 6) is 1.09. The van der Waals surface area contributed by atoms with Crippen molar-refractivity contribution in [2.24, 2.45) is 5.92 Å². The zero-order chi connectivity index (χ0) is 7.68. The number of nitrogens with zero attached hydrogens (tertiary/aromatic N) is 1. The van der Waals surface area contributed by atoms with Crippen molar-refractivity contribution in [3.05, 3.63) is 0 Å². The lowest BCUT2D eigenvalue weighted by Gasteiger charge is -2.29. The average Bonchev–Trinajstić information content (AvgIpc) is 2.36. The Bertz CT molecular complexity index is 125. The summed E-state index contributed by atoms with van der Waals surface area (Å²) in [5.41, 5.74) is 0. The number of hydrogen-bond donors (Lipinski definition) is 0. The minimum Gasteiger partial charge on any atom is -0.301 e. The van der Waals surface area contributed by atoms with Crippen LogP contribution in [0.15, 0.2) is 0 Å². The highest BCUT2D eigenvalue weighted by molar-refractivity contribution is 4.83. The van der Waals surface area contributed by atoms with E-state index in [4.69, 9.17) is 0 Å². The van der Waals surface area contributed by atoms with Crippen LogP contribution in [-0.2, 0) is 0 Å². The van der Waals surface area contributed by atoms with E-state index in [-0.39, 0.29) is 0 Å². The highest BCUT2D eigenvalue weighted by Gasteiger charge is 2.28. The van der Waals surface area contributed by atoms with Gasteiger partial charge in [0.15, 0.2) is 0 Å². The predicted octanol–water partition coefficient (Wildman–Crippen LogP) is 2.27. The molecule has 2 saturated heterocycles. The van der Waals surface area contributed by atoms with Crippen LogP contribution >= 0.6 is 0 Å². The summed E-state index contributed by atoms with van der Waals surface area (Å²) in [4.78, 5) is 2.69. The van der Waals surface area contributed by atoms with Crippen LogP contribution in [0, 0.1) is 5.92 Å². The highest BCUT2D eigenvalue weighted by atomic mass is 15.2. The lowest BCUT2D eigenvalue weighted by molar-refractivity contribution is 0.195. The third-order valence-corrected chi connectivity index (χ3v) is 3.56. The number of rotatable bonds is 1. The maximum Gasteiger partial charge on any atom is 0.00953 e. The van der Waals surface area contributed by atoms with E-state index in [1.165, 1.54) is 45.2 Å². The van der Waals surface area contributed by atoms with E-state index in [2.05, 4.69) is 11.8 Å². The lowest BCUT2D eigenvalue weighted by atomic mass is 9.86. The molecular weight excluding hydrogens is 134 g/mol. The second kappa shape index (κ2) is 3.14. The summed E-state index contributed by atoms with van der Waals surface area (Å²) >= 11 is 0. The maximum atomic E-state index is 2.69. The molecule has 1 heteroatoms. The quantitative estimate of drug-likeness (QED) is 0.558. The normalized spacial score (nSPS) is 39.0. The molecule has 3 fully saturated rings. The summed E-state index contributed by atoms with van der Waals surface area (Å²) in [6.45, 7) is 4.96. The molecule has 1 nitrogen and oxygen atoms in total. The van der Waals surface area contributed by atoms with E-state index >= 15 is 0 Å². The SMILES string of the molecule is CCN1CCC2CCC1CC2. The standard InChI is InChI=1S/C10H19N/c1-2-11-8-7-9-3-5-10(11)6-4-9/h9-10H,2-8H2,1H3. The van der Waals surface area contributed by atoms with Gasteiger partial charge in [0.2, 0.25) is 0 Å². The van der Waals surface area contributed by atoms with Gasteiger partial charge in [0.05, 0.1) is 0 Å². The van der Waals surface area contributed by atoms with Crippen LogP contribution in [0.4, 0.5) is 0 Å². The second-order valence-electron chi connectivity index (χ2n) is 4.09. The fourth-order valence-electron chi connectivity index (χ4n) is 2.75. The van der Waals surface area contributed by atoms with Crippen LogP contribution in [0.25, 0.3) is 0 Å². The topological polar surface area (TPSA) is 3.24 Å². The van der Waals surface area contributed by atoms with Crippen molar-refractivity contribution in [3.63, 3.8) is 0 Å². The van der Waals surface area contributed by atoms with E-state index in [9.17, 15) is 0 Å². The number of fused-ring (bicyclic) bond motifs is 4. The summed E-state index contributed by atoms with van der Waals surface area (Å²) in [6.07, 6.45) is 7.48. The van der Waals surface area contributed by atoms with Crippen LogP contribution in [0.5, 0.6) is 0 Å². The first-order valence-electron chi connectivity index (χ1n) is 5.14. The van der Waals surface area contributed by atoms with Crippen molar-refractivity contribution >= 4 is 0 Å². The molecule has 0 aromatic heterocycles. The van der Waals surface area contributed by atoms with Gasteiger partial charge in [-0.05, 0) is 51.1 Å². The van der Waals surface area contributed by atoms with Gasteiger partial charge in [0.1, 0.15) is 0 Å². The average molecular weight is 153 g/mol. The molecule has 0 spiro atoms. The Morgan fingerprint density at radius 2 is 1.82 bits per heavy atom. The molecule has 0 radical (unpaired) electrons. The first-order valence-corrected chi connectivity index (χ1v) is 5.14. The van der Waals surface area contributed by atoms with E-state index in [0.717, 1.165) is 12.0 Å². The molecule has 0 aromatic rings. The maximum absolute atomic E-state index is 2.69. The molecule has 3 aliphatic rings. The Kier molecular flexibility index (Phi) is 2.17. The van der Waals surface area contributed by atoms with Gasteiger partial charge < -0.3 is 4.90 Å². The molecule has 0 unspecified atom stereocenters. The van der Waals surface area contributed by atoms with Gasteiger partial charge in [-0.15, -0.1) is 0 Å². The van der Waals surface area contributed by atoms with Crippen molar-refractivity contribution in [2.45, 2.75) is 45.1 Å². The van der Waals surface area contributed by atoms with Gasteiger partial charge in [-0.1, -0.05) is 6.92 Å². The van der Waals surface area contributed by atoms with Crippen LogP contribution in [-0.4, -0.2) is 24.0 Å². The van der Waals surface area contributed by atoms with Crippen LogP contribution < -0.4 is 0 Å². The van der Waals surface area contributed by atoms with Crippen LogP contribution in [0.3, 0.4) is 0 Å². The van der Waals surface area contributed by atoms with E-state index < -0.39 is 0 Å². The van der Waals surface area contributed by atoms with E-state index in [1.54, 1.807) is 0 Å². The van der Waals surface area contributed by atoms with Crippen LogP contribution in [0.2, 0.25) is 0 Å². The minimum atomic E-state index is 0.957. The molecule has 0 atom stereocenters. The van der Waals surface area contributed by atoms with Crippen molar-refractivity contribution in [1.82, 2.24) is 4.90 Å². The van der Waals surface area contributed by atoms with Gasteiger partial charge >= 0.3 is 0 Å². The molecule has 1 aliphatic carbocycles. The predicted molar refractivity (Wildman–Crippen MR) is 47.6 cm³/mol. The fraction of sp³-hybridized carbons (Fsp3) is 1.00. The van der Waals surface area contributed by atoms with Gasteiger partial charge in [-0.3, -0.25) is 0 Å². The first kappa shape index (κ1) is 7.60. The number of hydrogen-bond acceptors (Lipinski definition) is 1. The minimum absolute atomic E-state index is 0.957. The fourth-order valence-corrected chi connectivity index (χ4v) is 2.75. The van der Waals surface area contributed by atoms with Crippen molar-refractivity contribution in [1.29, 1.82) is 0 Å². The van der Waals surface area contributed by atoms with Crippen molar-refractivity contribution in [3.8, 4) is 0 Å². The molecule has 0 amide bonds. The molecule has 2 heterocycles. The van der Waals surface area contributed by atoms with Crippen molar-refractivity contribution < 1.29 is 0 Å². The molecule has 64 valence electrons. The van der Waals surface area contributed by atoms with Gasteiger partial charge in [0.25, 0.3) is 0 Å². The van der Waals surface area contributed by atoms with E-state index in [1.807, 2.05) is 0 Å². The zero-order valence-corrected chi connectivity index (χ0v) is 7.55. The van der Waals surface area contributed by atoms with Crippen LogP contribution in [0.1, 0.15) is 39.0 Å². The zero-order valence-electron chi connectivity index (χ0n) is 7.55. The molecule has 1 saturated carbocycles. The second-order valence-corrected chi connectivity index (χ2v) is 4.09. The van der Waals surface area contributed by atoms with Gasteiger partial charge in [-0.25, -0.2) is 0 Å². The third kappa shape index (κ3) is 1.44. The Hall–Kier alpha value is -0.0400. The molecule has 0 N–H and O–H groups in total. The highest BCUT2D eigenvalue weighted by Crippen LogP contribution is 2.33. The molecule has 3 rings (SSSR count). The van der Waals surface area contributed by atoms with Gasteiger partial charge in [-0.2, -0.15) is 0 Å². The largest absolute Gasteiger partial charge is 0.301 e. The molecule has 0 aromatic carbocycles. The summed E-state index contributed by atoms with van der Waals surface area (Å²) in [7, 11) is 0. The van der Waals surface area contributed by atoms with Crippen molar-refractivity contribution in [2.75, 3.05) is 13.1 Å².